The Balaban J connectivity index is 2.08. The Hall–Kier alpha value is -1.02. The molecule has 0 amide bonds. The lowest BCUT2D eigenvalue weighted by Gasteiger charge is -2.36. The summed E-state index contributed by atoms with van der Waals surface area (Å²) in [5.74, 6) is 0. The average molecular weight is 202 g/mol. The minimum Gasteiger partial charge on any atom is -0.353 e. The third kappa shape index (κ3) is 1.36. The lowest BCUT2D eigenvalue weighted by atomic mass is 9.95. The van der Waals surface area contributed by atoms with Gasteiger partial charge in [0, 0.05) is 11.7 Å². The molecule has 2 heteroatoms. The van der Waals surface area contributed by atoms with Gasteiger partial charge in [-0.1, -0.05) is 12.1 Å². The molecule has 1 fully saturated rings. The standard InChI is InChI=1S/C13H18N2/c1-9-2-3-10-4-5-11-6-7-13(14)15(11)12(10)8-9/h2-3,8,11,13H,4-7,14H2,1H3. The van der Waals surface area contributed by atoms with E-state index in [0.29, 0.717) is 6.04 Å². The van der Waals surface area contributed by atoms with E-state index >= 15 is 0 Å². The van der Waals surface area contributed by atoms with Gasteiger partial charge in [0.05, 0.1) is 6.17 Å². The predicted molar refractivity (Wildman–Crippen MR) is 63.0 cm³/mol. The molecule has 1 aromatic carbocycles. The van der Waals surface area contributed by atoms with Crippen LogP contribution in [0.4, 0.5) is 5.69 Å². The fourth-order valence-corrected chi connectivity index (χ4v) is 3.02. The topological polar surface area (TPSA) is 29.3 Å². The molecule has 0 saturated carbocycles. The van der Waals surface area contributed by atoms with Crippen LogP contribution in [-0.2, 0) is 6.42 Å². The zero-order valence-corrected chi connectivity index (χ0v) is 9.24. The largest absolute Gasteiger partial charge is 0.353 e. The van der Waals surface area contributed by atoms with Gasteiger partial charge in [0.25, 0.3) is 0 Å². The molecule has 0 aromatic heterocycles. The van der Waals surface area contributed by atoms with Crippen LogP contribution in [0.15, 0.2) is 18.2 Å². The Kier molecular flexibility index (Phi) is 1.99. The van der Waals surface area contributed by atoms with E-state index in [2.05, 4.69) is 30.0 Å². The summed E-state index contributed by atoms with van der Waals surface area (Å²) in [5.41, 5.74) is 10.4. The molecule has 1 aromatic rings. The number of aryl methyl sites for hydroxylation is 2. The van der Waals surface area contributed by atoms with E-state index in [-0.39, 0.29) is 6.17 Å². The minimum absolute atomic E-state index is 0.246. The summed E-state index contributed by atoms with van der Waals surface area (Å²) in [4.78, 5) is 2.45. The van der Waals surface area contributed by atoms with Crippen molar-refractivity contribution in [2.75, 3.05) is 4.90 Å². The Morgan fingerprint density at radius 3 is 3.00 bits per heavy atom. The van der Waals surface area contributed by atoms with Gasteiger partial charge in [-0.15, -0.1) is 0 Å². The molecule has 2 atom stereocenters. The zero-order valence-electron chi connectivity index (χ0n) is 9.24. The van der Waals surface area contributed by atoms with Crippen molar-refractivity contribution in [3.05, 3.63) is 29.3 Å². The zero-order chi connectivity index (χ0) is 10.4. The number of rotatable bonds is 0. The highest BCUT2D eigenvalue weighted by Crippen LogP contribution is 2.38. The second kappa shape index (κ2) is 3.24. The highest BCUT2D eigenvalue weighted by Gasteiger charge is 2.34. The summed E-state index contributed by atoms with van der Waals surface area (Å²) in [6.45, 7) is 2.16. The van der Waals surface area contributed by atoms with Crippen LogP contribution in [-0.4, -0.2) is 12.2 Å². The lowest BCUT2D eigenvalue weighted by molar-refractivity contribution is 0.565. The van der Waals surface area contributed by atoms with Crippen LogP contribution < -0.4 is 10.6 Å². The number of nitrogens with two attached hydrogens (primary N) is 1. The highest BCUT2D eigenvalue weighted by atomic mass is 15.3. The molecule has 15 heavy (non-hydrogen) atoms. The Morgan fingerprint density at radius 2 is 2.13 bits per heavy atom. The molecule has 0 spiro atoms. The smallest absolute Gasteiger partial charge is 0.0774 e. The van der Waals surface area contributed by atoms with E-state index in [1.165, 1.54) is 36.1 Å². The molecule has 2 nitrogen and oxygen atoms in total. The van der Waals surface area contributed by atoms with Gasteiger partial charge < -0.3 is 10.6 Å². The predicted octanol–water partition coefficient (Wildman–Crippen LogP) is 2.19. The van der Waals surface area contributed by atoms with Crippen molar-refractivity contribution >= 4 is 5.69 Å². The van der Waals surface area contributed by atoms with E-state index in [4.69, 9.17) is 5.73 Å². The van der Waals surface area contributed by atoms with E-state index in [9.17, 15) is 0 Å². The summed E-state index contributed by atoms with van der Waals surface area (Å²) in [6.07, 6.45) is 5.18. The molecule has 0 radical (unpaired) electrons. The van der Waals surface area contributed by atoms with Gasteiger partial charge in [0.2, 0.25) is 0 Å². The van der Waals surface area contributed by atoms with E-state index in [1.54, 1.807) is 0 Å². The van der Waals surface area contributed by atoms with Crippen LogP contribution in [0.5, 0.6) is 0 Å². The maximum Gasteiger partial charge on any atom is 0.0774 e. The summed E-state index contributed by atoms with van der Waals surface area (Å²) in [6, 6.07) is 7.48. The first kappa shape index (κ1) is 9.22. The second-order valence-corrected chi connectivity index (χ2v) is 4.88. The number of fused-ring (bicyclic) bond motifs is 3. The van der Waals surface area contributed by atoms with Gasteiger partial charge in [-0.05, 0) is 49.8 Å². The molecular weight excluding hydrogens is 184 g/mol. The molecule has 3 rings (SSSR count). The molecule has 80 valence electrons. The van der Waals surface area contributed by atoms with Gasteiger partial charge in [-0.2, -0.15) is 0 Å². The lowest BCUT2D eigenvalue weighted by Crippen LogP contribution is -2.44. The molecule has 0 aliphatic carbocycles. The normalized spacial score (nSPS) is 28.8. The SMILES string of the molecule is Cc1ccc2c(c1)N1C(N)CCC1CC2. The molecule has 2 aliphatic heterocycles. The van der Waals surface area contributed by atoms with Crippen LogP contribution in [0.3, 0.4) is 0 Å². The van der Waals surface area contributed by atoms with Crippen LogP contribution >= 0.6 is 0 Å². The quantitative estimate of drug-likeness (QED) is 0.698. The molecule has 1 saturated heterocycles. The third-order valence-electron chi connectivity index (χ3n) is 3.81. The van der Waals surface area contributed by atoms with Crippen molar-refractivity contribution in [3.8, 4) is 0 Å². The van der Waals surface area contributed by atoms with Gasteiger partial charge in [-0.3, -0.25) is 0 Å². The van der Waals surface area contributed by atoms with E-state index in [0.717, 1.165) is 6.42 Å². The van der Waals surface area contributed by atoms with Crippen LogP contribution in [0.1, 0.15) is 30.4 Å². The summed E-state index contributed by atoms with van der Waals surface area (Å²) < 4.78 is 0. The third-order valence-corrected chi connectivity index (χ3v) is 3.81. The van der Waals surface area contributed by atoms with E-state index in [1.807, 2.05) is 0 Å². The maximum atomic E-state index is 6.18. The van der Waals surface area contributed by atoms with Crippen LogP contribution in [0, 0.1) is 6.92 Å². The van der Waals surface area contributed by atoms with Crippen molar-refractivity contribution in [2.45, 2.75) is 44.8 Å². The van der Waals surface area contributed by atoms with E-state index < -0.39 is 0 Å². The van der Waals surface area contributed by atoms with Gasteiger partial charge in [0.15, 0.2) is 0 Å². The minimum atomic E-state index is 0.246. The number of benzene rings is 1. The fourth-order valence-electron chi connectivity index (χ4n) is 3.02. The molecule has 2 heterocycles. The average Bonchev–Trinajstić information content (AvgIpc) is 2.60. The Labute approximate surface area is 91.1 Å². The molecule has 0 bridgehead atoms. The summed E-state index contributed by atoms with van der Waals surface area (Å²) >= 11 is 0. The number of nitrogens with zero attached hydrogens (tertiary/aromatic N) is 1. The Morgan fingerprint density at radius 1 is 1.27 bits per heavy atom. The molecule has 2 aliphatic rings. The van der Waals surface area contributed by atoms with Crippen molar-refractivity contribution in [2.24, 2.45) is 5.73 Å². The van der Waals surface area contributed by atoms with Gasteiger partial charge >= 0.3 is 0 Å². The van der Waals surface area contributed by atoms with Gasteiger partial charge in [0.1, 0.15) is 0 Å². The monoisotopic (exact) mass is 202 g/mol. The summed E-state index contributed by atoms with van der Waals surface area (Å²) in [7, 11) is 0. The number of hydrogen-bond donors (Lipinski definition) is 1. The maximum absolute atomic E-state index is 6.18. The number of anilines is 1. The molecule has 2 unspecified atom stereocenters. The first-order valence-electron chi connectivity index (χ1n) is 5.89. The van der Waals surface area contributed by atoms with Crippen LogP contribution in [0.2, 0.25) is 0 Å². The number of hydrogen-bond acceptors (Lipinski definition) is 2. The van der Waals surface area contributed by atoms with Gasteiger partial charge in [-0.25, -0.2) is 0 Å². The highest BCUT2D eigenvalue weighted by molar-refractivity contribution is 5.59. The van der Waals surface area contributed by atoms with Crippen molar-refractivity contribution in [1.29, 1.82) is 0 Å². The van der Waals surface area contributed by atoms with Crippen LogP contribution in [0.25, 0.3) is 0 Å². The van der Waals surface area contributed by atoms with Crippen molar-refractivity contribution in [1.82, 2.24) is 0 Å². The molecule has 2 N–H and O–H groups in total. The summed E-state index contributed by atoms with van der Waals surface area (Å²) in [5, 5.41) is 0. The molecular formula is C13H18N2. The van der Waals surface area contributed by atoms with Crippen molar-refractivity contribution < 1.29 is 0 Å². The van der Waals surface area contributed by atoms with Crippen molar-refractivity contribution in [3.63, 3.8) is 0 Å². The first-order valence-corrected chi connectivity index (χ1v) is 5.89. The fraction of sp³-hybridized carbons (Fsp3) is 0.538. The second-order valence-electron chi connectivity index (χ2n) is 4.88. The first-order chi connectivity index (χ1) is 7.25. The Bertz CT molecular complexity index is 386.